The first kappa shape index (κ1) is 18.0. The van der Waals surface area contributed by atoms with E-state index in [9.17, 15) is 36.2 Å². The molecule has 1 amide bonds. The van der Waals surface area contributed by atoms with Gasteiger partial charge in [0, 0.05) is 20.7 Å². The van der Waals surface area contributed by atoms with Gasteiger partial charge in [0.15, 0.2) is 0 Å². The summed E-state index contributed by atoms with van der Waals surface area (Å²) in [4.78, 5) is 11.4. The number of methoxy groups -OCH3 is 1. The minimum absolute atomic E-state index is 0.176. The lowest BCUT2D eigenvalue weighted by atomic mass is 10.1. The number of aliphatic hydroxyl groups is 1. The monoisotopic (exact) mass is 297 g/mol. The summed E-state index contributed by atoms with van der Waals surface area (Å²) in [6.45, 7) is -1.02. The Hall–Kier alpha value is -1.03. The molecule has 0 saturated carbocycles. The van der Waals surface area contributed by atoms with Crippen molar-refractivity contribution in [3.05, 3.63) is 0 Å². The molecule has 0 aromatic carbocycles. The van der Waals surface area contributed by atoms with Crippen LogP contribution in [0.15, 0.2) is 0 Å². The van der Waals surface area contributed by atoms with Crippen LogP contribution in [0.3, 0.4) is 0 Å². The van der Waals surface area contributed by atoms with Crippen molar-refractivity contribution in [3.63, 3.8) is 0 Å². The number of rotatable bonds is 5. The molecule has 0 radical (unpaired) electrons. The summed E-state index contributed by atoms with van der Waals surface area (Å²) in [5.74, 6) is -6.27. The van der Waals surface area contributed by atoms with Gasteiger partial charge in [-0.15, -0.1) is 0 Å². The first-order valence-corrected chi connectivity index (χ1v) is 4.96. The van der Waals surface area contributed by atoms with Crippen LogP contribution in [0.4, 0.5) is 26.3 Å². The summed E-state index contributed by atoms with van der Waals surface area (Å²) in [7, 11) is 1.92. The van der Waals surface area contributed by atoms with E-state index in [1.807, 2.05) is 0 Å². The highest BCUT2D eigenvalue weighted by molar-refractivity contribution is 5.80. The van der Waals surface area contributed by atoms with Crippen molar-refractivity contribution in [1.82, 2.24) is 4.90 Å². The number of carbonyl (C=O) groups excluding carboxylic acids is 1. The lowest BCUT2D eigenvalue weighted by molar-refractivity contribution is -0.277. The van der Waals surface area contributed by atoms with Crippen LogP contribution in [-0.2, 0) is 9.53 Å². The zero-order valence-electron chi connectivity index (χ0n) is 10.0. The second-order valence-corrected chi connectivity index (χ2v) is 3.84. The fourth-order valence-electron chi connectivity index (χ4n) is 1.34. The average Bonchev–Trinajstić information content (AvgIpc) is 2.12. The Morgan fingerprint density at radius 3 is 1.95 bits per heavy atom. The van der Waals surface area contributed by atoms with Crippen LogP contribution in [0, 0.1) is 5.92 Å². The Morgan fingerprint density at radius 1 is 1.21 bits per heavy atom. The first-order chi connectivity index (χ1) is 8.41. The maximum atomic E-state index is 12.3. The number of ether oxygens (including phenoxy) is 1. The molecule has 0 heterocycles. The third-order valence-electron chi connectivity index (χ3n) is 2.12. The molecule has 4 nitrogen and oxygen atoms in total. The number of hydrogen-bond acceptors (Lipinski definition) is 3. The van der Waals surface area contributed by atoms with Crippen LogP contribution < -0.4 is 0 Å². The fraction of sp³-hybridized carbons (Fsp3) is 0.889. The van der Waals surface area contributed by atoms with Gasteiger partial charge in [0.05, 0.1) is 12.7 Å². The number of carbonyl (C=O) groups is 1. The van der Waals surface area contributed by atoms with Crippen LogP contribution in [0.25, 0.3) is 0 Å². The lowest BCUT2D eigenvalue weighted by Gasteiger charge is -2.28. The third kappa shape index (κ3) is 5.64. The normalized spacial score (nSPS) is 14.6. The Labute approximate surface area is 104 Å². The van der Waals surface area contributed by atoms with Gasteiger partial charge in [-0.2, -0.15) is 26.3 Å². The van der Waals surface area contributed by atoms with E-state index < -0.39 is 36.8 Å². The number of amides is 1. The Morgan fingerprint density at radius 2 is 1.63 bits per heavy atom. The maximum Gasteiger partial charge on any atom is 0.409 e. The number of aliphatic hydroxyl groups excluding tert-OH is 1. The molecule has 0 rings (SSSR count). The minimum Gasteiger partial charge on any atom is -0.389 e. The van der Waals surface area contributed by atoms with Gasteiger partial charge in [-0.1, -0.05) is 0 Å². The van der Waals surface area contributed by atoms with Crippen molar-refractivity contribution in [1.29, 1.82) is 0 Å². The van der Waals surface area contributed by atoms with Crippen LogP contribution >= 0.6 is 0 Å². The zero-order chi connectivity index (χ0) is 15.4. The second kappa shape index (κ2) is 6.42. The molecule has 0 spiro atoms. The Balaban J connectivity index is 4.92. The molecule has 114 valence electrons. The summed E-state index contributed by atoms with van der Waals surface area (Å²) in [5, 5.41) is 9.17. The van der Waals surface area contributed by atoms with Crippen molar-refractivity contribution < 1.29 is 41.0 Å². The lowest BCUT2D eigenvalue weighted by Crippen LogP contribution is -2.50. The van der Waals surface area contributed by atoms with Crippen molar-refractivity contribution in [2.45, 2.75) is 18.5 Å². The van der Waals surface area contributed by atoms with Gasteiger partial charge in [0.25, 0.3) is 0 Å². The largest absolute Gasteiger partial charge is 0.409 e. The van der Waals surface area contributed by atoms with Crippen molar-refractivity contribution >= 4 is 5.91 Å². The van der Waals surface area contributed by atoms with E-state index in [2.05, 4.69) is 4.74 Å². The van der Waals surface area contributed by atoms with E-state index in [1.54, 1.807) is 0 Å². The van der Waals surface area contributed by atoms with Crippen LogP contribution in [-0.4, -0.2) is 61.7 Å². The molecular formula is C9H13F6NO3. The smallest absolute Gasteiger partial charge is 0.389 e. The van der Waals surface area contributed by atoms with Gasteiger partial charge in [0.2, 0.25) is 11.8 Å². The number of hydrogen-bond donors (Lipinski definition) is 1. The first-order valence-electron chi connectivity index (χ1n) is 4.96. The predicted molar refractivity (Wildman–Crippen MR) is 51.1 cm³/mol. The van der Waals surface area contributed by atoms with Gasteiger partial charge in [-0.25, -0.2) is 0 Å². The van der Waals surface area contributed by atoms with Gasteiger partial charge in [0.1, 0.15) is 0 Å². The molecule has 1 atom stereocenters. The summed E-state index contributed by atoms with van der Waals surface area (Å²) in [6.07, 6.45) is -12.9. The Kier molecular flexibility index (Phi) is 6.07. The molecular weight excluding hydrogens is 284 g/mol. The molecule has 0 aliphatic rings. The molecule has 1 N–H and O–H groups in total. The quantitative estimate of drug-likeness (QED) is 0.776. The molecule has 0 aromatic heterocycles. The van der Waals surface area contributed by atoms with Crippen molar-refractivity contribution in [2.24, 2.45) is 5.92 Å². The predicted octanol–water partition coefficient (Wildman–Crippen LogP) is 1.19. The number of alkyl halides is 6. The Bertz CT molecular complexity index is 289. The molecule has 0 aliphatic heterocycles. The van der Waals surface area contributed by atoms with Gasteiger partial charge < -0.3 is 14.7 Å². The number of likely N-dealkylation sites (N-methyl/N-ethyl adjacent to an activating group) is 1. The second-order valence-electron chi connectivity index (χ2n) is 3.84. The third-order valence-corrected chi connectivity index (χ3v) is 2.12. The van der Waals surface area contributed by atoms with E-state index >= 15 is 0 Å². The molecule has 0 bridgehead atoms. The van der Waals surface area contributed by atoms with Crippen LogP contribution in [0.5, 0.6) is 0 Å². The average molecular weight is 297 g/mol. The summed E-state index contributed by atoms with van der Waals surface area (Å²) in [6, 6.07) is 0. The highest BCUT2D eigenvalue weighted by Gasteiger charge is 2.61. The van der Waals surface area contributed by atoms with E-state index in [4.69, 9.17) is 0 Å². The minimum atomic E-state index is -5.74. The summed E-state index contributed by atoms with van der Waals surface area (Å²) in [5.41, 5.74) is 0. The molecule has 0 aromatic rings. The fourth-order valence-corrected chi connectivity index (χ4v) is 1.34. The van der Waals surface area contributed by atoms with Crippen molar-refractivity contribution in [3.8, 4) is 0 Å². The maximum absolute atomic E-state index is 12.3. The summed E-state index contributed by atoms with van der Waals surface area (Å²) >= 11 is 0. The van der Waals surface area contributed by atoms with E-state index in [1.165, 1.54) is 7.11 Å². The van der Waals surface area contributed by atoms with E-state index in [0.717, 1.165) is 7.05 Å². The van der Waals surface area contributed by atoms with E-state index in [-0.39, 0.29) is 11.5 Å². The van der Waals surface area contributed by atoms with Gasteiger partial charge >= 0.3 is 12.4 Å². The highest BCUT2D eigenvalue weighted by Crippen LogP contribution is 2.40. The summed E-state index contributed by atoms with van der Waals surface area (Å²) < 4.78 is 78.0. The van der Waals surface area contributed by atoms with Gasteiger partial charge in [-0.05, 0) is 0 Å². The molecule has 0 aliphatic carbocycles. The van der Waals surface area contributed by atoms with Gasteiger partial charge in [-0.3, -0.25) is 4.79 Å². The zero-order valence-corrected chi connectivity index (χ0v) is 10.0. The topological polar surface area (TPSA) is 49.8 Å². The van der Waals surface area contributed by atoms with E-state index in [0.29, 0.717) is 0 Å². The molecule has 0 fully saturated rings. The van der Waals surface area contributed by atoms with Crippen LogP contribution in [0.2, 0.25) is 0 Å². The highest BCUT2D eigenvalue weighted by atomic mass is 19.4. The SMILES string of the molecule is COCC(O)CN(C)C(=O)C(C(F)(F)F)C(F)(F)F. The molecule has 1 unspecified atom stereocenters. The number of nitrogens with zero attached hydrogens (tertiary/aromatic N) is 1. The molecule has 0 saturated heterocycles. The van der Waals surface area contributed by atoms with Crippen LogP contribution in [0.1, 0.15) is 0 Å². The van der Waals surface area contributed by atoms with Crippen molar-refractivity contribution in [2.75, 3.05) is 27.3 Å². The molecule has 10 heteroatoms. The standard InChI is InChI=1S/C9H13F6NO3/c1-16(3-5(17)4-19-2)7(18)6(8(10,11)12)9(13,14)15/h5-6,17H,3-4H2,1-2H3. The number of halogens is 6. The molecule has 19 heavy (non-hydrogen) atoms.